The molecule has 32 heavy (non-hydrogen) atoms. The van der Waals surface area contributed by atoms with E-state index in [9.17, 15) is 4.79 Å². The van der Waals surface area contributed by atoms with E-state index >= 15 is 0 Å². The van der Waals surface area contributed by atoms with E-state index in [0.717, 1.165) is 64.2 Å². The Balaban J connectivity index is 0.00000363. The van der Waals surface area contributed by atoms with Crippen molar-refractivity contribution in [2.45, 2.75) is 71.4 Å². The molecule has 7 nitrogen and oxygen atoms in total. The second kappa shape index (κ2) is 14.3. The number of thiazole rings is 1. The summed E-state index contributed by atoms with van der Waals surface area (Å²) in [4.78, 5) is 23.6. The van der Waals surface area contributed by atoms with Crippen molar-refractivity contribution in [3.8, 4) is 0 Å². The van der Waals surface area contributed by atoms with Gasteiger partial charge in [0.15, 0.2) is 5.96 Å². The number of halogens is 1. The van der Waals surface area contributed by atoms with Crippen molar-refractivity contribution >= 4 is 47.2 Å². The van der Waals surface area contributed by atoms with Gasteiger partial charge in [0.25, 0.3) is 0 Å². The highest BCUT2D eigenvalue weighted by molar-refractivity contribution is 14.0. The van der Waals surface area contributed by atoms with Gasteiger partial charge in [0.05, 0.1) is 23.2 Å². The number of likely N-dealkylation sites (tertiary alicyclic amines) is 1. The van der Waals surface area contributed by atoms with Crippen LogP contribution >= 0.6 is 35.3 Å². The molecule has 1 aliphatic heterocycles. The van der Waals surface area contributed by atoms with Crippen LogP contribution in [-0.4, -0.2) is 61.1 Å². The summed E-state index contributed by atoms with van der Waals surface area (Å²) in [6.07, 6.45) is 7.20. The lowest BCUT2D eigenvalue weighted by Crippen LogP contribution is -2.47. The van der Waals surface area contributed by atoms with Gasteiger partial charge in [-0.1, -0.05) is 6.92 Å². The van der Waals surface area contributed by atoms with Gasteiger partial charge in [0.1, 0.15) is 0 Å². The minimum Gasteiger partial charge on any atom is -0.466 e. The first-order valence-corrected chi connectivity index (χ1v) is 12.8. The van der Waals surface area contributed by atoms with E-state index in [1.807, 2.05) is 14.0 Å². The third-order valence-electron chi connectivity index (χ3n) is 6.46. The van der Waals surface area contributed by atoms with Crippen LogP contribution in [0.5, 0.6) is 0 Å². The van der Waals surface area contributed by atoms with Gasteiger partial charge in [-0.2, -0.15) is 0 Å². The lowest BCUT2D eigenvalue weighted by Gasteiger charge is -2.32. The highest BCUT2D eigenvalue weighted by atomic mass is 127. The molecule has 0 bridgehead atoms. The molecule has 2 N–H and O–H groups in total. The fraction of sp³-hybridized carbons (Fsp3) is 0.783. The second-order valence-corrected chi connectivity index (χ2v) is 9.65. The average molecular weight is 578 g/mol. The van der Waals surface area contributed by atoms with Crippen LogP contribution in [0.2, 0.25) is 0 Å². The largest absolute Gasteiger partial charge is 0.466 e. The number of esters is 1. The Kier molecular flexibility index (Phi) is 12.2. The first kappa shape index (κ1) is 27.3. The fourth-order valence-corrected chi connectivity index (χ4v) is 5.26. The van der Waals surface area contributed by atoms with Crippen LogP contribution in [-0.2, 0) is 22.5 Å². The van der Waals surface area contributed by atoms with Gasteiger partial charge in [-0.3, -0.25) is 14.7 Å². The summed E-state index contributed by atoms with van der Waals surface area (Å²) in [5, 5.41) is 10.5. The summed E-state index contributed by atoms with van der Waals surface area (Å²) < 4.78 is 5.17. The SMILES string of the molecule is CCOC(=O)C1CCC(NC(=NC)NCC2CCN(Cc3csc(CC)n3)CC2)CC1.I. The van der Waals surface area contributed by atoms with E-state index < -0.39 is 0 Å². The van der Waals surface area contributed by atoms with Gasteiger partial charge in [-0.05, 0) is 70.9 Å². The van der Waals surface area contributed by atoms with Gasteiger partial charge in [0, 0.05) is 31.6 Å². The van der Waals surface area contributed by atoms with E-state index in [4.69, 9.17) is 9.72 Å². The van der Waals surface area contributed by atoms with Gasteiger partial charge >= 0.3 is 5.97 Å². The summed E-state index contributed by atoms with van der Waals surface area (Å²) in [6.45, 7) is 8.71. The van der Waals surface area contributed by atoms with Crippen LogP contribution in [0.15, 0.2) is 10.4 Å². The molecule has 0 radical (unpaired) electrons. The molecule has 1 saturated carbocycles. The zero-order chi connectivity index (χ0) is 22.1. The van der Waals surface area contributed by atoms with Gasteiger partial charge in [-0.15, -0.1) is 35.3 Å². The number of aliphatic imine (C=N–C) groups is 1. The first-order chi connectivity index (χ1) is 15.1. The molecule has 2 heterocycles. The second-order valence-electron chi connectivity index (χ2n) is 8.70. The fourth-order valence-electron chi connectivity index (χ4n) is 4.52. The number of hydrogen-bond acceptors (Lipinski definition) is 6. The molecule has 3 rings (SSSR count). The molecule has 2 aliphatic rings. The zero-order valence-electron chi connectivity index (χ0n) is 19.8. The Morgan fingerprint density at radius 3 is 2.53 bits per heavy atom. The number of carbonyl (C=O) groups excluding carboxylic acids is 1. The number of nitrogens with zero attached hydrogens (tertiary/aromatic N) is 3. The molecule has 1 aliphatic carbocycles. The minimum absolute atomic E-state index is 0. The zero-order valence-corrected chi connectivity index (χ0v) is 22.9. The number of piperidine rings is 1. The molecule has 1 saturated heterocycles. The monoisotopic (exact) mass is 577 g/mol. The molecule has 0 unspecified atom stereocenters. The van der Waals surface area contributed by atoms with Crippen molar-refractivity contribution in [3.05, 3.63) is 16.1 Å². The molecule has 2 fully saturated rings. The van der Waals surface area contributed by atoms with Crippen LogP contribution in [0, 0.1) is 11.8 Å². The molecule has 0 amide bonds. The van der Waals surface area contributed by atoms with Crippen LogP contribution < -0.4 is 10.6 Å². The molecule has 1 aromatic heterocycles. The van der Waals surface area contributed by atoms with E-state index in [1.165, 1.54) is 23.5 Å². The number of aromatic nitrogens is 1. The molecular weight excluding hydrogens is 537 g/mol. The summed E-state index contributed by atoms with van der Waals surface area (Å²) in [7, 11) is 1.83. The lowest BCUT2D eigenvalue weighted by atomic mass is 9.86. The van der Waals surface area contributed by atoms with E-state index in [-0.39, 0.29) is 35.9 Å². The number of carbonyl (C=O) groups is 1. The van der Waals surface area contributed by atoms with Crippen LogP contribution in [0.3, 0.4) is 0 Å². The number of nitrogens with one attached hydrogen (secondary N) is 2. The van der Waals surface area contributed by atoms with Crippen molar-refractivity contribution in [3.63, 3.8) is 0 Å². The molecule has 1 aromatic rings. The Hall–Kier alpha value is -0.940. The van der Waals surface area contributed by atoms with Gasteiger partial charge in [0.2, 0.25) is 0 Å². The maximum atomic E-state index is 11.9. The number of hydrogen-bond donors (Lipinski definition) is 2. The Labute approximate surface area is 214 Å². The van der Waals surface area contributed by atoms with Crippen LogP contribution in [0.1, 0.15) is 63.1 Å². The quantitative estimate of drug-likeness (QED) is 0.212. The van der Waals surface area contributed by atoms with Crippen molar-refractivity contribution in [2.24, 2.45) is 16.8 Å². The maximum absolute atomic E-state index is 11.9. The normalized spacial score (nSPS) is 22.8. The van der Waals surface area contributed by atoms with Crippen molar-refractivity contribution in [1.82, 2.24) is 20.5 Å². The Morgan fingerprint density at radius 1 is 1.22 bits per heavy atom. The molecule has 9 heteroatoms. The van der Waals surface area contributed by atoms with Crippen molar-refractivity contribution in [1.29, 1.82) is 0 Å². The molecular formula is C23H40IN5O2S. The standard InChI is InChI=1S/C23H39N5O2S.HI/c1-4-21-26-20(16-31-21)15-28-12-10-17(11-13-28)14-25-23(24-3)27-19-8-6-18(7-9-19)22(29)30-5-2;/h16-19H,4-15H2,1-3H3,(H2,24,25,27);1H. The molecule has 0 spiro atoms. The molecule has 0 aromatic carbocycles. The first-order valence-electron chi connectivity index (χ1n) is 11.9. The lowest BCUT2D eigenvalue weighted by molar-refractivity contribution is -0.149. The van der Waals surface area contributed by atoms with E-state index in [0.29, 0.717) is 18.6 Å². The number of rotatable bonds is 8. The summed E-state index contributed by atoms with van der Waals surface area (Å²) >= 11 is 1.78. The van der Waals surface area contributed by atoms with E-state index in [2.05, 4.69) is 32.8 Å². The van der Waals surface area contributed by atoms with Crippen molar-refractivity contribution in [2.75, 3.05) is 33.3 Å². The highest BCUT2D eigenvalue weighted by Crippen LogP contribution is 2.25. The molecule has 0 atom stereocenters. The van der Waals surface area contributed by atoms with Gasteiger partial charge in [-0.25, -0.2) is 4.98 Å². The third-order valence-corrected chi connectivity index (χ3v) is 7.51. The predicted octanol–water partition coefficient (Wildman–Crippen LogP) is 3.82. The van der Waals surface area contributed by atoms with Crippen molar-refractivity contribution < 1.29 is 9.53 Å². The summed E-state index contributed by atoms with van der Waals surface area (Å²) in [6, 6.07) is 0.379. The minimum atomic E-state index is -0.0321. The van der Waals surface area contributed by atoms with Gasteiger partial charge < -0.3 is 15.4 Å². The Bertz CT molecular complexity index is 713. The predicted molar refractivity (Wildman–Crippen MR) is 142 cm³/mol. The summed E-state index contributed by atoms with van der Waals surface area (Å²) in [5.41, 5.74) is 1.22. The van der Waals surface area contributed by atoms with E-state index in [1.54, 1.807) is 11.3 Å². The maximum Gasteiger partial charge on any atom is 0.308 e. The topological polar surface area (TPSA) is 78.8 Å². The average Bonchev–Trinajstić information content (AvgIpc) is 3.25. The summed E-state index contributed by atoms with van der Waals surface area (Å²) in [5.74, 6) is 1.60. The highest BCUT2D eigenvalue weighted by Gasteiger charge is 2.28. The smallest absolute Gasteiger partial charge is 0.308 e. The number of ether oxygens (including phenoxy) is 1. The number of guanidine groups is 1. The van der Waals surface area contributed by atoms with Crippen LogP contribution in [0.25, 0.3) is 0 Å². The molecule has 182 valence electrons. The third kappa shape index (κ3) is 8.44. The Morgan fingerprint density at radius 2 is 1.94 bits per heavy atom. The van der Waals surface area contributed by atoms with Crippen LogP contribution in [0.4, 0.5) is 0 Å². The number of aryl methyl sites for hydroxylation is 1.